The molecule has 2 aromatic rings. The third kappa shape index (κ3) is 5.22. The molecule has 0 saturated heterocycles. The van der Waals surface area contributed by atoms with E-state index < -0.39 is 5.41 Å². The summed E-state index contributed by atoms with van der Waals surface area (Å²) in [5.41, 5.74) is 2.81. The SMILES string of the molecule is CC(C)(Cc1ccccc1)C(=O)NCCc1ccc(CO)cc1. The lowest BCUT2D eigenvalue weighted by molar-refractivity contribution is -0.129. The summed E-state index contributed by atoms with van der Waals surface area (Å²) in [5, 5.41) is 12.1. The second-order valence-corrected chi connectivity index (χ2v) is 6.53. The molecule has 0 heterocycles. The van der Waals surface area contributed by atoms with Gasteiger partial charge in [0.2, 0.25) is 5.91 Å². The summed E-state index contributed by atoms with van der Waals surface area (Å²) < 4.78 is 0. The van der Waals surface area contributed by atoms with Gasteiger partial charge in [0.25, 0.3) is 0 Å². The van der Waals surface area contributed by atoms with Crippen LogP contribution in [0.4, 0.5) is 0 Å². The number of amides is 1. The summed E-state index contributed by atoms with van der Waals surface area (Å²) in [5.74, 6) is 0.0772. The molecule has 3 nitrogen and oxygen atoms in total. The van der Waals surface area contributed by atoms with E-state index >= 15 is 0 Å². The van der Waals surface area contributed by atoms with Gasteiger partial charge in [-0.2, -0.15) is 0 Å². The largest absolute Gasteiger partial charge is 0.392 e. The maximum atomic E-state index is 12.4. The highest BCUT2D eigenvalue weighted by Crippen LogP contribution is 2.22. The third-order valence-corrected chi connectivity index (χ3v) is 4.01. The van der Waals surface area contributed by atoms with E-state index in [2.05, 4.69) is 17.4 Å². The molecule has 0 bridgehead atoms. The van der Waals surface area contributed by atoms with Crippen LogP contribution in [0.5, 0.6) is 0 Å². The van der Waals surface area contributed by atoms with E-state index in [0.717, 1.165) is 24.0 Å². The Morgan fingerprint density at radius 1 is 0.957 bits per heavy atom. The van der Waals surface area contributed by atoms with Crippen LogP contribution in [-0.2, 0) is 24.2 Å². The lowest BCUT2D eigenvalue weighted by Gasteiger charge is -2.23. The van der Waals surface area contributed by atoms with Gasteiger partial charge in [0.05, 0.1) is 6.61 Å². The Morgan fingerprint density at radius 2 is 1.57 bits per heavy atom. The van der Waals surface area contributed by atoms with Crippen molar-refractivity contribution < 1.29 is 9.90 Å². The van der Waals surface area contributed by atoms with Crippen LogP contribution in [0, 0.1) is 5.41 Å². The number of nitrogens with one attached hydrogen (secondary N) is 1. The van der Waals surface area contributed by atoms with Crippen LogP contribution in [0.1, 0.15) is 30.5 Å². The molecule has 122 valence electrons. The van der Waals surface area contributed by atoms with Crippen molar-refractivity contribution in [3.8, 4) is 0 Å². The molecule has 23 heavy (non-hydrogen) atoms. The van der Waals surface area contributed by atoms with Gasteiger partial charge in [0, 0.05) is 12.0 Å². The van der Waals surface area contributed by atoms with E-state index in [-0.39, 0.29) is 12.5 Å². The first kappa shape index (κ1) is 17.2. The van der Waals surface area contributed by atoms with Crippen LogP contribution < -0.4 is 5.32 Å². The number of aliphatic hydroxyl groups is 1. The van der Waals surface area contributed by atoms with Crippen molar-refractivity contribution in [3.63, 3.8) is 0 Å². The van der Waals surface area contributed by atoms with Gasteiger partial charge in [-0.15, -0.1) is 0 Å². The average molecular weight is 311 g/mol. The lowest BCUT2D eigenvalue weighted by Crippen LogP contribution is -2.39. The minimum Gasteiger partial charge on any atom is -0.392 e. The Morgan fingerprint density at radius 3 is 2.17 bits per heavy atom. The fourth-order valence-corrected chi connectivity index (χ4v) is 2.56. The van der Waals surface area contributed by atoms with Crippen LogP contribution in [0.25, 0.3) is 0 Å². The first-order valence-corrected chi connectivity index (χ1v) is 8.02. The standard InChI is InChI=1S/C20H25NO2/c1-20(2,14-17-6-4-3-5-7-17)19(23)21-13-12-16-8-10-18(15-22)11-9-16/h3-11,22H,12-15H2,1-2H3,(H,21,23). The van der Waals surface area contributed by atoms with Crippen molar-refractivity contribution in [1.82, 2.24) is 5.32 Å². The van der Waals surface area contributed by atoms with Gasteiger partial charge in [-0.05, 0) is 29.5 Å². The number of carbonyl (C=O) groups is 1. The molecule has 0 spiro atoms. The van der Waals surface area contributed by atoms with E-state index in [1.54, 1.807) is 0 Å². The number of carbonyl (C=O) groups excluding carboxylic acids is 1. The number of rotatable bonds is 7. The minimum atomic E-state index is -0.428. The maximum Gasteiger partial charge on any atom is 0.226 e. The molecule has 0 radical (unpaired) electrons. The lowest BCUT2D eigenvalue weighted by atomic mass is 9.85. The van der Waals surface area contributed by atoms with Crippen LogP contribution >= 0.6 is 0 Å². The van der Waals surface area contributed by atoms with Gasteiger partial charge in [-0.3, -0.25) is 4.79 Å². The summed E-state index contributed by atoms with van der Waals surface area (Å²) >= 11 is 0. The molecule has 0 aliphatic rings. The Balaban J connectivity index is 1.83. The summed E-state index contributed by atoms with van der Waals surface area (Å²) in [6, 6.07) is 17.9. The summed E-state index contributed by atoms with van der Waals surface area (Å²) in [4.78, 5) is 12.4. The Labute approximate surface area is 138 Å². The molecule has 2 N–H and O–H groups in total. The quantitative estimate of drug-likeness (QED) is 0.825. The monoisotopic (exact) mass is 311 g/mol. The van der Waals surface area contributed by atoms with Gasteiger partial charge in [0.15, 0.2) is 0 Å². The predicted octanol–water partition coefficient (Wildman–Crippen LogP) is 3.11. The molecule has 2 aromatic carbocycles. The highest BCUT2D eigenvalue weighted by molar-refractivity contribution is 5.82. The smallest absolute Gasteiger partial charge is 0.226 e. The zero-order chi connectivity index (χ0) is 16.7. The molecule has 1 amide bonds. The highest BCUT2D eigenvalue weighted by Gasteiger charge is 2.27. The normalized spacial score (nSPS) is 11.3. The van der Waals surface area contributed by atoms with Gasteiger partial charge in [-0.25, -0.2) is 0 Å². The fourth-order valence-electron chi connectivity index (χ4n) is 2.56. The Bertz CT molecular complexity index is 618. The van der Waals surface area contributed by atoms with Crippen molar-refractivity contribution in [2.24, 2.45) is 5.41 Å². The molecule has 0 atom stereocenters. The second-order valence-electron chi connectivity index (χ2n) is 6.53. The Hall–Kier alpha value is -2.13. The van der Waals surface area contributed by atoms with Crippen LogP contribution in [0.2, 0.25) is 0 Å². The van der Waals surface area contributed by atoms with Crippen molar-refractivity contribution in [1.29, 1.82) is 0 Å². The molecule has 0 fully saturated rings. The van der Waals surface area contributed by atoms with Crippen molar-refractivity contribution in [3.05, 3.63) is 71.3 Å². The first-order valence-electron chi connectivity index (χ1n) is 8.02. The van der Waals surface area contributed by atoms with Crippen LogP contribution in [-0.4, -0.2) is 17.6 Å². The molecule has 0 saturated carbocycles. The molecule has 0 aliphatic heterocycles. The highest BCUT2D eigenvalue weighted by atomic mass is 16.3. The minimum absolute atomic E-state index is 0.0602. The number of benzene rings is 2. The number of hydrogen-bond acceptors (Lipinski definition) is 2. The van der Waals surface area contributed by atoms with E-state index in [1.165, 1.54) is 5.56 Å². The van der Waals surface area contributed by atoms with E-state index in [0.29, 0.717) is 6.54 Å². The van der Waals surface area contributed by atoms with Gasteiger partial charge >= 0.3 is 0 Å². The third-order valence-electron chi connectivity index (χ3n) is 4.01. The molecule has 2 rings (SSSR count). The van der Waals surface area contributed by atoms with Crippen molar-refractivity contribution in [2.45, 2.75) is 33.3 Å². The van der Waals surface area contributed by atoms with E-state index in [4.69, 9.17) is 5.11 Å². The van der Waals surface area contributed by atoms with Crippen molar-refractivity contribution in [2.75, 3.05) is 6.54 Å². The molecule has 0 aliphatic carbocycles. The zero-order valence-electron chi connectivity index (χ0n) is 13.9. The first-order chi connectivity index (χ1) is 11.0. The van der Waals surface area contributed by atoms with Gasteiger partial charge in [-0.1, -0.05) is 68.4 Å². The molecular formula is C20H25NO2. The predicted molar refractivity (Wildman–Crippen MR) is 93.0 cm³/mol. The maximum absolute atomic E-state index is 12.4. The number of aliphatic hydroxyl groups excluding tert-OH is 1. The van der Waals surface area contributed by atoms with E-state index in [9.17, 15) is 4.79 Å². The summed E-state index contributed by atoms with van der Waals surface area (Å²) in [6.45, 7) is 4.64. The summed E-state index contributed by atoms with van der Waals surface area (Å²) in [7, 11) is 0. The number of hydrogen-bond donors (Lipinski definition) is 2. The van der Waals surface area contributed by atoms with E-state index in [1.807, 2.05) is 56.3 Å². The zero-order valence-corrected chi connectivity index (χ0v) is 13.9. The van der Waals surface area contributed by atoms with Crippen LogP contribution in [0.3, 0.4) is 0 Å². The van der Waals surface area contributed by atoms with Gasteiger partial charge < -0.3 is 10.4 Å². The average Bonchev–Trinajstić information content (AvgIpc) is 2.56. The van der Waals surface area contributed by atoms with Gasteiger partial charge in [0.1, 0.15) is 0 Å². The Kier molecular flexibility index (Phi) is 5.94. The summed E-state index contributed by atoms with van der Waals surface area (Å²) in [6.07, 6.45) is 1.52. The van der Waals surface area contributed by atoms with Crippen LogP contribution in [0.15, 0.2) is 54.6 Å². The molecule has 0 aromatic heterocycles. The topological polar surface area (TPSA) is 49.3 Å². The molecule has 0 unspecified atom stereocenters. The van der Waals surface area contributed by atoms with Crippen molar-refractivity contribution >= 4 is 5.91 Å². The molecular weight excluding hydrogens is 286 g/mol. The fraction of sp³-hybridized carbons (Fsp3) is 0.350. The molecule has 3 heteroatoms. The second kappa shape index (κ2) is 7.93.